The summed E-state index contributed by atoms with van der Waals surface area (Å²) in [4.78, 5) is 19.5. The molecule has 136 valence electrons. The highest BCUT2D eigenvalue weighted by Gasteiger charge is 2.49. The van der Waals surface area contributed by atoms with Gasteiger partial charge >= 0.3 is 0 Å². The third-order valence-electron chi connectivity index (χ3n) is 5.43. The van der Waals surface area contributed by atoms with Crippen molar-refractivity contribution in [3.8, 4) is 5.75 Å². The number of rotatable bonds is 4. The Hall–Kier alpha value is -2.53. The van der Waals surface area contributed by atoms with Crippen LogP contribution in [0.3, 0.4) is 0 Å². The Morgan fingerprint density at radius 1 is 1.04 bits per heavy atom. The van der Waals surface area contributed by atoms with Crippen molar-refractivity contribution in [1.82, 2.24) is 4.90 Å². The molecule has 4 rings (SSSR count). The summed E-state index contributed by atoms with van der Waals surface area (Å²) in [5.74, 6) is 1.00. The lowest BCUT2D eigenvalue weighted by Crippen LogP contribution is -2.32. The van der Waals surface area contributed by atoms with E-state index in [0.717, 1.165) is 42.1 Å². The fourth-order valence-electron chi connectivity index (χ4n) is 4.07. The number of hydrogen-bond donors (Lipinski definition) is 0. The Bertz CT molecular complexity index is 786. The molecule has 0 bridgehead atoms. The van der Waals surface area contributed by atoms with Crippen molar-refractivity contribution in [2.24, 2.45) is 0 Å². The zero-order valence-electron chi connectivity index (χ0n) is 15.6. The van der Waals surface area contributed by atoms with Crippen molar-refractivity contribution in [1.29, 1.82) is 0 Å². The number of anilines is 2. The predicted molar refractivity (Wildman–Crippen MR) is 104 cm³/mol. The van der Waals surface area contributed by atoms with Crippen molar-refractivity contribution in [3.63, 3.8) is 0 Å². The molecule has 0 unspecified atom stereocenters. The average molecular weight is 351 g/mol. The van der Waals surface area contributed by atoms with E-state index in [-0.39, 0.29) is 18.1 Å². The van der Waals surface area contributed by atoms with Crippen molar-refractivity contribution < 1.29 is 9.53 Å². The van der Waals surface area contributed by atoms with Gasteiger partial charge < -0.3 is 9.64 Å². The van der Waals surface area contributed by atoms with E-state index in [1.54, 1.807) is 7.11 Å². The summed E-state index contributed by atoms with van der Waals surface area (Å²) >= 11 is 0. The number of methoxy groups -OCH3 is 1. The number of ether oxygens (including phenoxy) is 1. The zero-order chi connectivity index (χ0) is 18.3. The molecule has 0 N–H and O–H groups in total. The molecule has 2 aliphatic rings. The second-order valence-corrected chi connectivity index (χ2v) is 7.16. The SMILES string of the molecule is COc1ccc(N2C(=O)[C@@H]3CCCN3[C@H]2c2ccc(N(C)C)cc2)cc1. The predicted octanol–water partition coefficient (Wildman–Crippen LogP) is 3.27. The van der Waals surface area contributed by atoms with Crippen LogP contribution in [0.4, 0.5) is 11.4 Å². The standard InChI is InChI=1S/C21H25N3O2/c1-22(2)16-8-6-15(7-9-16)20-23-14-4-5-19(23)21(25)24(20)17-10-12-18(26-3)13-11-17/h6-13,19-20H,4-5,14H2,1-3H3/t19-,20+/m0/s1. The summed E-state index contributed by atoms with van der Waals surface area (Å²) in [7, 11) is 5.73. The molecule has 2 aromatic carbocycles. The Kier molecular flexibility index (Phi) is 4.32. The lowest BCUT2D eigenvalue weighted by atomic mass is 10.1. The molecule has 26 heavy (non-hydrogen) atoms. The maximum Gasteiger partial charge on any atom is 0.246 e. The molecule has 0 aromatic heterocycles. The van der Waals surface area contributed by atoms with E-state index >= 15 is 0 Å². The first-order valence-electron chi connectivity index (χ1n) is 9.10. The number of carbonyl (C=O) groups is 1. The lowest BCUT2D eigenvalue weighted by Gasteiger charge is -2.30. The summed E-state index contributed by atoms with van der Waals surface area (Å²) in [6.07, 6.45) is 1.98. The van der Waals surface area contributed by atoms with Crippen LogP contribution in [0.25, 0.3) is 0 Å². The molecule has 2 aromatic rings. The largest absolute Gasteiger partial charge is 0.497 e. The van der Waals surface area contributed by atoms with Crippen LogP contribution in [0.2, 0.25) is 0 Å². The van der Waals surface area contributed by atoms with Crippen LogP contribution in [-0.4, -0.2) is 44.6 Å². The molecular weight excluding hydrogens is 326 g/mol. The van der Waals surface area contributed by atoms with E-state index < -0.39 is 0 Å². The molecule has 5 heteroatoms. The van der Waals surface area contributed by atoms with Gasteiger partial charge in [-0.25, -0.2) is 0 Å². The van der Waals surface area contributed by atoms with Crippen LogP contribution in [0, 0.1) is 0 Å². The van der Waals surface area contributed by atoms with Gasteiger partial charge in [0.25, 0.3) is 0 Å². The molecule has 5 nitrogen and oxygen atoms in total. The number of carbonyl (C=O) groups excluding carboxylic acids is 1. The van der Waals surface area contributed by atoms with Gasteiger partial charge in [-0.1, -0.05) is 12.1 Å². The molecule has 0 aliphatic carbocycles. The average Bonchev–Trinajstić information content (AvgIpc) is 3.24. The first kappa shape index (κ1) is 16.9. The summed E-state index contributed by atoms with van der Waals surface area (Å²) in [5.41, 5.74) is 3.24. The first-order chi connectivity index (χ1) is 12.6. The molecule has 1 amide bonds. The van der Waals surface area contributed by atoms with E-state index in [0.29, 0.717) is 0 Å². The third-order valence-corrected chi connectivity index (χ3v) is 5.43. The van der Waals surface area contributed by atoms with Gasteiger partial charge in [0.15, 0.2) is 0 Å². The van der Waals surface area contributed by atoms with Gasteiger partial charge in [-0.05, 0) is 54.8 Å². The van der Waals surface area contributed by atoms with Crippen molar-refractivity contribution in [2.75, 3.05) is 37.5 Å². The third kappa shape index (κ3) is 2.72. The van der Waals surface area contributed by atoms with Gasteiger partial charge in [0, 0.05) is 32.0 Å². The maximum atomic E-state index is 13.1. The molecule has 2 heterocycles. The van der Waals surface area contributed by atoms with Gasteiger partial charge in [-0.15, -0.1) is 0 Å². The van der Waals surface area contributed by atoms with Gasteiger partial charge in [0.2, 0.25) is 5.91 Å². The quantitative estimate of drug-likeness (QED) is 0.847. The second kappa shape index (κ2) is 6.65. The van der Waals surface area contributed by atoms with Gasteiger partial charge in [0.1, 0.15) is 11.9 Å². The minimum absolute atomic E-state index is 0.00405. The highest BCUT2D eigenvalue weighted by atomic mass is 16.5. The molecule has 2 aliphatic heterocycles. The van der Waals surface area contributed by atoms with E-state index in [1.165, 1.54) is 0 Å². The molecule has 0 saturated carbocycles. The Balaban J connectivity index is 1.73. The zero-order valence-corrected chi connectivity index (χ0v) is 15.6. The van der Waals surface area contributed by atoms with Gasteiger partial charge in [0.05, 0.1) is 13.2 Å². The second-order valence-electron chi connectivity index (χ2n) is 7.16. The van der Waals surface area contributed by atoms with E-state index in [2.05, 4.69) is 34.1 Å². The van der Waals surface area contributed by atoms with Gasteiger partial charge in [-0.2, -0.15) is 0 Å². The molecule has 0 spiro atoms. The fourth-order valence-corrected chi connectivity index (χ4v) is 4.07. The summed E-state index contributed by atoms with van der Waals surface area (Å²) < 4.78 is 5.26. The number of amides is 1. The highest BCUT2D eigenvalue weighted by Crippen LogP contribution is 2.42. The minimum atomic E-state index is -0.0420. The van der Waals surface area contributed by atoms with Crippen LogP contribution in [0.1, 0.15) is 24.6 Å². The van der Waals surface area contributed by atoms with E-state index in [1.807, 2.05) is 43.3 Å². The van der Waals surface area contributed by atoms with Gasteiger partial charge in [-0.3, -0.25) is 14.6 Å². The van der Waals surface area contributed by atoms with Crippen LogP contribution >= 0.6 is 0 Å². The van der Waals surface area contributed by atoms with E-state index in [4.69, 9.17) is 4.74 Å². The minimum Gasteiger partial charge on any atom is -0.497 e. The number of nitrogens with zero attached hydrogens (tertiary/aromatic N) is 3. The number of hydrogen-bond acceptors (Lipinski definition) is 4. The Labute approximate surface area is 154 Å². The van der Waals surface area contributed by atoms with Crippen molar-refractivity contribution >= 4 is 17.3 Å². The lowest BCUT2D eigenvalue weighted by molar-refractivity contribution is -0.119. The molecule has 2 fully saturated rings. The normalized spacial score (nSPS) is 22.6. The van der Waals surface area contributed by atoms with Crippen molar-refractivity contribution in [3.05, 3.63) is 54.1 Å². The fraction of sp³-hybridized carbons (Fsp3) is 0.381. The summed E-state index contributed by atoms with van der Waals surface area (Å²) in [6, 6.07) is 16.3. The molecule has 2 atom stereocenters. The maximum absolute atomic E-state index is 13.1. The van der Waals surface area contributed by atoms with Crippen LogP contribution < -0.4 is 14.5 Å². The summed E-state index contributed by atoms with van der Waals surface area (Å²) in [5, 5.41) is 0. The van der Waals surface area contributed by atoms with Crippen LogP contribution in [0.15, 0.2) is 48.5 Å². The topological polar surface area (TPSA) is 36.0 Å². The first-order valence-corrected chi connectivity index (χ1v) is 9.10. The Morgan fingerprint density at radius 3 is 2.35 bits per heavy atom. The van der Waals surface area contributed by atoms with E-state index in [9.17, 15) is 4.79 Å². The molecular formula is C21H25N3O2. The molecule has 0 radical (unpaired) electrons. The Morgan fingerprint density at radius 2 is 1.73 bits per heavy atom. The monoisotopic (exact) mass is 351 g/mol. The smallest absolute Gasteiger partial charge is 0.246 e. The van der Waals surface area contributed by atoms with Crippen LogP contribution in [-0.2, 0) is 4.79 Å². The molecule has 2 saturated heterocycles. The number of benzene rings is 2. The number of fused-ring (bicyclic) bond motifs is 1. The van der Waals surface area contributed by atoms with Crippen molar-refractivity contribution in [2.45, 2.75) is 25.0 Å². The van der Waals surface area contributed by atoms with Crippen LogP contribution in [0.5, 0.6) is 5.75 Å². The summed E-state index contributed by atoms with van der Waals surface area (Å²) in [6.45, 7) is 0.961. The highest BCUT2D eigenvalue weighted by molar-refractivity contribution is 6.00.